The summed E-state index contributed by atoms with van der Waals surface area (Å²) in [7, 11) is 1.55. The van der Waals surface area contributed by atoms with E-state index in [1.165, 1.54) is 0 Å². The Morgan fingerprint density at radius 3 is 2.47 bits per heavy atom. The van der Waals surface area contributed by atoms with Gasteiger partial charge in [0.05, 0.1) is 20.3 Å². The van der Waals surface area contributed by atoms with Gasteiger partial charge in [0.15, 0.2) is 12.0 Å². The lowest BCUT2D eigenvalue weighted by atomic mass is 9.94. The van der Waals surface area contributed by atoms with Crippen molar-refractivity contribution in [2.75, 3.05) is 33.4 Å². The number of hydrogen-bond donors (Lipinski definition) is 0. The van der Waals surface area contributed by atoms with Gasteiger partial charge in [0.2, 0.25) is 0 Å². The molecule has 0 bridgehead atoms. The van der Waals surface area contributed by atoms with E-state index >= 15 is 0 Å². The Labute approximate surface area is 218 Å². The summed E-state index contributed by atoms with van der Waals surface area (Å²) >= 11 is 0. The second-order valence-corrected chi connectivity index (χ2v) is 8.72. The molecule has 200 valence electrons. The van der Waals surface area contributed by atoms with Crippen molar-refractivity contribution in [2.24, 2.45) is 0 Å². The van der Waals surface area contributed by atoms with Crippen molar-refractivity contribution in [1.29, 1.82) is 0 Å². The van der Waals surface area contributed by atoms with Crippen LogP contribution < -0.4 is 9.47 Å². The number of methoxy groups -OCH3 is 1. The predicted octanol–water partition coefficient (Wildman–Crippen LogP) is 3.90. The number of fused-ring (bicyclic) bond motifs is 1. The highest BCUT2D eigenvalue weighted by Gasteiger charge is 2.34. The van der Waals surface area contributed by atoms with Gasteiger partial charge in [-0.05, 0) is 39.2 Å². The number of halogens is 1. The summed E-state index contributed by atoms with van der Waals surface area (Å²) in [6, 6.07) is 0. The monoisotopic (exact) mass is 525 g/mol. The van der Waals surface area contributed by atoms with E-state index < -0.39 is 11.9 Å². The number of ether oxygens (including phenoxy) is 5. The molecule has 0 radical (unpaired) electrons. The number of hydrogen-bond acceptors (Lipinski definition) is 9. The Hall–Kier alpha value is -2.62. The van der Waals surface area contributed by atoms with E-state index in [9.17, 15) is 14.4 Å². The fourth-order valence-corrected chi connectivity index (χ4v) is 4.25. The Bertz CT molecular complexity index is 1000. The van der Waals surface area contributed by atoms with Crippen LogP contribution in [-0.2, 0) is 36.8 Å². The minimum absolute atomic E-state index is 0. The molecule has 1 fully saturated rings. The molecule has 0 amide bonds. The average molecular weight is 526 g/mol. The summed E-state index contributed by atoms with van der Waals surface area (Å²) in [5, 5.41) is 0. The van der Waals surface area contributed by atoms with Crippen LogP contribution in [-0.4, -0.2) is 62.4 Å². The Kier molecular flexibility index (Phi) is 11.2. The van der Waals surface area contributed by atoms with Crippen LogP contribution in [0.5, 0.6) is 11.5 Å². The number of rotatable bonds is 10. The number of carbonyl (C=O) groups is 3. The molecular formula is C26H36ClNO8. The first kappa shape index (κ1) is 29.6. The molecule has 10 heteroatoms. The lowest BCUT2D eigenvalue weighted by Gasteiger charge is -2.31. The van der Waals surface area contributed by atoms with E-state index in [-0.39, 0.29) is 55.4 Å². The number of morpholine rings is 1. The molecule has 1 unspecified atom stereocenters. The van der Waals surface area contributed by atoms with Gasteiger partial charge in [-0.1, -0.05) is 18.6 Å². The molecule has 1 aromatic carbocycles. The first-order valence-electron chi connectivity index (χ1n) is 12.0. The van der Waals surface area contributed by atoms with Gasteiger partial charge in [-0.25, -0.2) is 4.79 Å². The summed E-state index contributed by atoms with van der Waals surface area (Å²) in [5.41, 5.74) is 3.31. The third-order valence-electron chi connectivity index (χ3n) is 6.37. The molecule has 2 aliphatic rings. The van der Waals surface area contributed by atoms with Gasteiger partial charge in [-0.15, -0.1) is 12.4 Å². The number of esters is 3. The zero-order valence-corrected chi connectivity index (χ0v) is 22.5. The maximum absolute atomic E-state index is 12.4. The highest BCUT2D eigenvalue weighted by Crippen LogP contribution is 2.43. The molecule has 9 nitrogen and oxygen atoms in total. The molecule has 1 atom stereocenters. The van der Waals surface area contributed by atoms with Gasteiger partial charge < -0.3 is 23.7 Å². The molecule has 0 saturated carbocycles. The summed E-state index contributed by atoms with van der Waals surface area (Å²) in [6.45, 7) is 10.2. The standard InChI is InChI=1S/C26H35NO8.ClH/c1-6-21(28)35-25-19(24(31-5)17(3)20-15-33-26(30)23(20)25)9-7-16(2)8-10-22(29)34-18(4)27-11-13-32-14-12-27;/h7,18H,6,8-15H2,1-5H3;1H/b16-7+;. The first-order chi connectivity index (χ1) is 16.8. The second-order valence-electron chi connectivity index (χ2n) is 8.72. The lowest BCUT2D eigenvalue weighted by molar-refractivity contribution is -0.161. The van der Waals surface area contributed by atoms with Crippen LogP contribution >= 0.6 is 12.4 Å². The molecule has 0 aromatic heterocycles. The molecule has 36 heavy (non-hydrogen) atoms. The zero-order valence-electron chi connectivity index (χ0n) is 21.6. The molecule has 1 aromatic rings. The molecule has 2 aliphatic heterocycles. The fraction of sp³-hybridized carbons (Fsp3) is 0.577. The topological polar surface area (TPSA) is 101 Å². The van der Waals surface area contributed by atoms with Gasteiger partial charge >= 0.3 is 17.9 Å². The third kappa shape index (κ3) is 6.99. The first-order valence-corrected chi connectivity index (χ1v) is 12.0. The maximum Gasteiger partial charge on any atom is 0.342 e. The summed E-state index contributed by atoms with van der Waals surface area (Å²) in [4.78, 5) is 39.0. The molecule has 1 saturated heterocycles. The SMILES string of the molecule is CCC(=O)Oc1c(C/C=C(\C)CCC(=O)OC(C)N2CCOCC2)c(OC)c(C)c2c1C(=O)OC2.Cl. The highest BCUT2D eigenvalue weighted by atomic mass is 35.5. The Morgan fingerprint density at radius 2 is 1.83 bits per heavy atom. The molecular weight excluding hydrogens is 490 g/mol. The van der Waals surface area contributed by atoms with E-state index in [0.29, 0.717) is 42.9 Å². The van der Waals surface area contributed by atoms with E-state index in [0.717, 1.165) is 24.2 Å². The molecule has 0 spiro atoms. The lowest BCUT2D eigenvalue weighted by Crippen LogP contribution is -2.44. The molecule has 0 aliphatic carbocycles. The van der Waals surface area contributed by atoms with Crippen LogP contribution in [0.1, 0.15) is 67.1 Å². The van der Waals surface area contributed by atoms with Gasteiger partial charge in [-0.2, -0.15) is 0 Å². The van der Waals surface area contributed by atoms with Crippen LogP contribution in [0.3, 0.4) is 0 Å². The van der Waals surface area contributed by atoms with E-state index in [1.54, 1.807) is 14.0 Å². The molecule has 2 heterocycles. The largest absolute Gasteiger partial charge is 0.496 e. The Balaban J connectivity index is 0.00000456. The van der Waals surface area contributed by atoms with Crippen molar-refractivity contribution < 1.29 is 38.1 Å². The Morgan fingerprint density at radius 1 is 1.14 bits per heavy atom. The van der Waals surface area contributed by atoms with Gasteiger partial charge in [0.1, 0.15) is 17.9 Å². The smallest absolute Gasteiger partial charge is 0.342 e. The third-order valence-corrected chi connectivity index (χ3v) is 6.37. The summed E-state index contributed by atoms with van der Waals surface area (Å²) in [6.07, 6.45) is 2.96. The number of allylic oxidation sites excluding steroid dienone is 2. The molecule has 3 rings (SSSR count). The van der Waals surface area contributed by atoms with E-state index in [2.05, 4.69) is 4.90 Å². The second kappa shape index (κ2) is 13.6. The maximum atomic E-state index is 12.4. The van der Waals surface area contributed by atoms with Crippen LogP contribution in [0.15, 0.2) is 11.6 Å². The summed E-state index contributed by atoms with van der Waals surface area (Å²) in [5.74, 6) is -0.466. The normalized spacial score (nSPS) is 16.5. The number of cyclic esters (lactones) is 1. The summed E-state index contributed by atoms with van der Waals surface area (Å²) < 4.78 is 27.4. The number of nitrogens with zero attached hydrogens (tertiary/aromatic N) is 1. The van der Waals surface area contributed by atoms with E-state index in [4.69, 9.17) is 23.7 Å². The fourth-order valence-electron chi connectivity index (χ4n) is 4.25. The van der Waals surface area contributed by atoms with Crippen molar-refractivity contribution in [3.63, 3.8) is 0 Å². The van der Waals surface area contributed by atoms with Crippen molar-refractivity contribution in [2.45, 2.75) is 66.2 Å². The quantitative estimate of drug-likeness (QED) is 0.256. The van der Waals surface area contributed by atoms with Crippen LogP contribution in [0.4, 0.5) is 0 Å². The van der Waals surface area contributed by atoms with Crippen molar-refractivity contribution in [3.05, 3.63) is 33.9 Å². The van der Waals surface area contributed by atoms with Crippen molar-refractivity contribution in [3.8, 4) is 11.5 Å². The van der Waals surface area contributed by atoms with Gasteiger partial charge in [-0.3, -0.25) is 14.5 Å². The van der Waals surface area contributed by atoms with E-state index in [1.807, 2.05) is 26.8 Å². The van der Waals surface area contributed by atoms with Crippen molar-refractivity contribution in [1.82, 2.24) is 4.90 Å². The van der Waals surface area contributed by atoms with Crippen LogP contribution in [0, 0.1) is 6.92 Å². The molecule has 0 N–H and O–H groups in total. The van der Waals surface area contributed by atoms with Crippen LogP contribution in [0.2, 0.25) is 0 Å². The minimum atomic E-state index is -0.510. The highest BCUT2D eigenvalue weighted by molar-refractivity contribution is 5.99. The minimum Gasteiger partial charge on any atom is -0.496 e. The van der Waals surface area contributed by atoms with Gasteiger partial charge in [0.25, 0.3) is 0 Å². The zero-order chi connectivity index (χ0) is 25.5. The van der Waals surface area contributed by atoms with Crippen molar-refractivity contribution >= 4 is 30.3 Å². The predicted molar refractivity (Wildman–Crippen MR) is 135 cm³/mol. The number of benzene rings is 1. The van der Waals surface area contributed by atoms with Crippen LogP contribution in [0.25, 0.3) is 0 Å². The average Bonchev–Trinajstić information content (AvgIpc) is 3.25. The number of carbonyl (C=O) groups excluding carboxylic acids is 3. The van der Waals surface area contributed by atoms with Gasteiger partial charge in [0, 0.05) is 37.1 Å².